The number of nitrogens with zero attached hydrogens (tertiary/aromatic N) is 3. The van der Waals surface area contributed by atoms with Gasteiger partial charge in [-0.15, -0.1) is 10.2 Å². The Morgan fingerprint density at radius 3 is 2.71 bits per heavy atom. The van der Waals surface area contributed by atoms with Crippen LogP contribution in [0.4, 0.5) is 0 Å². The zero-order valence-corrected chi connectivity index (χ0v) is 11.2. The Hall–Kier alpha value is -0.900. The van der Waals surface area contributed by atoms with Crippen molar-refractivity contribution in [1.29, 1.82) is 0 Å². The molecular formula is C13H24N4. The van der Waals surface area contributed by atoms with Gasteiger partial charge in [0.1, 0.15) is 12.2 Å². The summed E-state index contributed by atoms with van der Waals surface area (Å²) in [6.45, 7) is 8.87. The fraction of sp³-hybridized carbons (Fsp3) is 0.846. The van der Waals surface area contributed by atoms with Crippen molar-refractivity contribution in [2.24, 2.45) is 0 Å². The summed E-state index contributed by atoms with van der Waals surface area (Å²) >= 11 is 0. The molecule has 1 fully saturated rings. The van der Waals surface area contributed by atoms with Crippen molar-refractivity contribution in [3.63, 3.8) is 0 Å². The molecule has 1 aliphatic heterocycles. The van der Waals surface area contributed by atoms with E-state index in [4.69, 9.17) is 0 Å². The van der Waals surface area contributed by atoms with Crippen molar-refractivity contribution in [2.75, 3.05) is 13.1 Å². The van der Waals surface area contributed by atoms with Crippen LogP contribution >= 0.6 is 0 Å². The van der Waals surface area contributed by atoms with E-state index in [0.29, 0.717) is 6.04 Å². The molecule has 4 heteroatoms. The zero-order chi connectivity index (χ0) is 12.3. The van der Waals surface area contributed by atoms with E-state index in [1.807, 2.05) is 6.33 Å². The van der Waals surface area contributed by atoms with E-state index in [-0.39, 0.29) is 5.41 Å². The molecular weight excluding hydrogens is 212 g/mol. The van der Waals surface area contributed by atoms with Crippen molar-refractivity contribution < 1.29 is 0 Å². The highest BCUT2D eigenvalue weighted by atomic mass is 15.3. The van der Waals surface area contributed by atoms with Crippen LogP contribution in [-0.4, -0.2) is 27.9 Å². The number of hydrogen-bond donors (Lipinski definition) is 1. The monoisotopic (exact) mass is 236 g/mol. The maximum Gasteiger partial charge on any atom is 0.139 e. The van der Waals surface area contributed by atoms with Crippen molar-refractivity contribution >= 4 is 0 Å². The van der Waals surface area contributed by atoms with E-state index in [0.717, 1.165) is 13.1 Å². The molecule has 0 unspecified atom stereocenters. The highest BCUT2D eigenvalue weighted by Gasteiger charge is 2.37. The Bertz CT molecular complexity index is 345. The highest BCUT2D eigenvalue weighted by molar-refractivity contribution is 5.11. The minimum absolute atomic E-state index is 0.251. The molecule has 1 aromatic heterocycles. The normalized spacial score (nSPS) is 19.8. The molecule has 96 valence electrons. The third kappa shape index (κ3) is 2.37. The summed E-state index contributed by atoms with van der Waals surface area (Å²) < 4.78 is 2.25. The first-order valence-electron chi connectivity index (χ1n) is 6.80. The van der Waals surface area contributed by atoms with Gasteiger partial charge in [-0.25, -0.2) is 0 Å². The first-order chi connectivity index (χ1) is 8.19. The van der Waals surface area contributed by atoms with Crippen LogP contribution in [0.15, 0.2) is 6.33 Å². The second kappa shape index (κ2) is 5.17. The molecule has 0 radical (unpaired) electrons. The van der Waals surface area contributed by atoms with Gasteiger partial charge in [-0.3, -0.25) is 0 Å². The lowest BCUT2D eigenvalue weighted by Crippen LogP contribution is -2.41. The highest BCUT2D eigenvalue weighted by Crippen LogP contribution is 2.37. The Balaban J connectivity index is 2.34. The van der Waals surface area contributed by atoms with E-state index in [9.17, 15) is 0 Å². The van der Waals surface area contributed by atoms with Crippen molar-refractivity contribution in [2.45, 2.75) is 57.9 Å². The molecule has 0 aromatic carbocycles. The Kier molecular flexibility index (Phi) is 3.82. The first kappa shape index (κ1) is 12.6. The number of rotatable bonds is 4. The van der Waals surface area contributed by atoms with Crippen LogP contribution in [0, 0.1) is 0 Å². The fourth-order valence-electron chi connectivity index (χ4n) is 2.97. The standard InChI is InChI=1S/C13H24N4/c1-4-5-13(6-8-14-9-7-13)12-16-15-10-17(12)11(2)3/h10-11,14H,4-9H2,1-3H3. The summed E-state index contributed by atoms with van der Waals surface area (Å²) in [6, 6.07) is 0.448. The van der Waals surface area contributed by atoms with Crippen LogP contribution in [-0.2, 0) is 5.41 Å². The minimum atomic E-state index is 0.251. The van der Waals surface area contributed by atoms with Crippen LogP contribution in [0.5, 0.6) is 0 Å². The van der Waals surface area contributed by atoms with Gasteiger partial charge in [0.25, 0.3) is 0 Å². The van der Waals surface area contributed by atoms with Crippen molar-refractivity contribution in [1.82, 2.24) is 20.1 Å². The molecule has 0 bridgehead atoms. The molecule has 2 rings (SSSR count). The molecule has 0 amide bonds. The Morgan fingerprint density at radius 1 is 1.41 bits per heavy atom. The van der Waals surface area contributed by atoms with Crippen LogP contribution in [0.2, 0.25) is 0 Å². The van der Waals surface area contributed by atoms with E-state index < -0.39 is 0 Å². The van der Waals surface area contributed by atoms with E-state index in [1.165, 1.54) is 31.5 Å². The number of nitrogens with one attached hydrogen (secondary N) is 1. The quantitative estimate of drug-likeness (QED) is 0.872. The summed E-state index contributed by atoms with van der Waals surface area (Å²) in [5.41, 5.74) is 0.251. The molecule has 1 aliphatic rings. The molecule has 2 heterocycles. The third-order valence-corrected chi connectivity index (χ3v) is 3.89. The summed E-state index contributed by atoms with van der Waals surface area (Å²) in [5, 5.41) is 12.0. The minimum Gasteiger partial charge on any atom is -0.317 e. The van der Waals surface area contributed by atoms with Gasteiger partial charge in [0, 0.05) is 11.5 Å². The maximum atomic E-state index is 4.44. The Labute approximate surface area is 104 Å². The van der Waals surface area contributed by atoms with Crippen molar-refractivity contribution in [3.8, 4) is 0 Å². The topological polar surface area (TPSA) is 42.7 Å². The second-order valence-corrected chi connectivity index (χ2v) is 5.44. The molecule has 1 saturated heterocycles. The summed E-state index contributed by atoms with van der Waals surface area (Å²) in [7, 11) is 0. The number of hydrogen-bond acceptors (Lipinski definition) is 3. The van der Waals surface area contributed by atoms with Gasteiger partial charge in [0.2, 0.25) is 0 Å². The van der Waals surface area contributed by atoms with E-state index in [1.54, 1.807) is 0 Å². The molecule has 17 heavy (non-hydrogen) atoms. The number of piperidine rings is 1. The van der Waals surface area contributed by atoms with Gasteiger partial charge in [0.05, 0.1) is 0 Å². The first-order valence-corrected chi connectivity index (χ1v) is 6.80. The van der Waals surface area contributed by atoms with E-state index >= 15 is 0 Å². The second-order valence-electron chi connectivity index (χ2n) is 5.44. The molecule has 0 aliphatic carbocycles. The van der Waals surface area contributed by atoms with Crippen LogP contribution in [0.25, 0.3) is 0 Å². The Morgan fingerprint density at radius 2 is 2.12 bits per heavy atom. The summed E-state index contributed by atoms with van der Waals surface area (Å²) in [6.07, 6.45) is 6.70. The molecule has 1 N–H and O–H groups in total. The lowest BCUT2D eigenvalue weighted by atomic mass is 9.74. The largest absolute Gasteiger partial charge is 0.317 e. The predicted octanol–water partition coefficient (Wildman–Crippen LogP) is 2.28. The van der Waals surface area contributed by atoms with Gasteiger partial charge < -0.3 is 9.88 Å². The van der Waals surface area contributed by atoms with Crippen LogP contribution < -0.4 is 5.32 Å². The lowest BCUT2D eigenvalue weighted by Gasteiger charge is -2.37. The summed E-state index contributed by atoms with van der Waals surface area (Å²) in [4.78, 5) is 0. The SMILES string of the molecule is CCCC1(c2nncn2C(C)C)CCNCC1. The fourth-order valence-corrected chi connectivity index (χ4v) is 2.97. The average Bonchev–Trinajstić information content (AvgIpc) is 2.80. The molecule has 0 saturated carbocycles. The summed E-state index contributed by atoms with van der Waals surface area (Å²) in [5.74, 6) is 1.20. The van der Waals surface area contributed by atoms with Gasteiger partial charge >= 0.3 is 0 Å². The molecule has 4 nitrogen and oxygen atoms in total. The zero-order valence-electron chi connectivity index (χ0n) is 11.2. The van der Waals surface area contributed by atoms with Crippen LogP contribution in [0.3, 0.4) is 0 Å². The predicted molar refractivity (Wildman–Crippen MR) is 69.1 cm³/mol. The smallest absolute Gasteiger partial charge is 0.139 e. The van der Waals surface area contributed by atoms with Gasteiger partial charge in [-0.1, -0.05) is 13.3 Å². The van der Waals surface area contributed by atoms with Crippen LogP contribution in [0.1, 0.15) is 58.3 Å². The van der Waals surface area contributed by atoms with E-state index in [2.05, 4.69) is 40.9 Å². The van der Waals surface area contributed by atoms with Gasteiger partial charge in [0.15, 0.2) is 0 Å². The molecule has 0 spiro atoms. The molecule has 1 aromatic rings. The lowest BCUT2D eigenvalue weighted by molar-refractivity contribution is 0.258. The van der Waals surface area contributed by atoms with Crippen molar-refractivity contribution in [3.05, 3.63) is 12.2 Å². The average molecular weight is 236 g/mol. The van der Waals surface area contributed by atoms with Gasteiger partial charge in [-0.2, -0.15) is 0 Å². The third-order valence-electron chi connectivity index (χ3n) is 3.89. The number of aromatic nitrogens is 3. The van der Waals surface area contributed by atoms with Gasteiger partial charge in [-0.05, 0) is 46.2 Å². The molecule has 0 atom stereocenters. The maximum absolute atomic E-state index is 4.44.